The highest BCUT2D eigenvalue weighted by Gasteiger charge is 2.44. The molecule has 2 fully saturated rings. The molecular formula is C43H59F7N2O5S3. The van der Waals surface area contributed by atoms with Crippen molar-refractivity contribution in [3.63, 3.8) is 0 Å². The molecule has 2 aromatic rings. The number of hydrogen-bond acceptors (Lipinski definition) is 8. The molecule has 0 spiro atoms. The molecule has 2 saturated carbocycles. The number of thioether (sulfide) groups is 1. The molecule has 0 amide bonds. The van der Waals surface area contributed by atoms with Gasteiger partial charge >= 0.3 is 11.6 Å². The highest BCUT2D eigenvalue weighted by molar-refractivity contribution is 8.23. The van der Waals surface area contributed by atoms with Crippen LogP contribution in [-0.2, 0) is 21.5 Å². The topological polar surface area (TPSA) is 134 Å². The number of hydrogen-bond donors (Lipinski definition) is 1. The predicted octanol–water partition coefficient (Wildman–Crippen LogP) is 12.9. The van der Waals surface area contributed by atoms with Crippen LogP contribution < -0.4 is 4.74 Å². The number of nitrogens with zero attached hydrogens (tertiary/aromatic N) is 2. The summed E-state index contributed by atoms with van der Waals surface area (Å²) >= 11 is 4.34. The van der Waals surface area contributed by atoms with Crippen molar-refractivity contribution in [2.75, 3.05) is 11.5 Å². The van der Waals surface area contributed by atoms with Crippen LogP contribution in [-0.4, -0.2) is 45.4 Å². The van der Waals surface area contributed by atoms with Crippen LogP contribution in [0.15, 0.2) is 36.4 Å². The van der Waals surface area contributed by atoms with Crippen LogP contribution in [0, 0.1) is 58.0 Å². The van der Waals surface area contributed by atoms with Gasteiger partial charge < -0.3 is 14.4 Å². The molecule has 0 radical (unpaired) electrons. The first-order valence-corrected chi connectivity index (χ1v) is 23.5. The summed E-state index contributed by atoms with van der Waals surface area (Å²) in [6, 6.07) is 9.91. The summed E-state index contributed by atoms with van der Waals surface area (Å²) in [5, 5.41) is 25.6. The van der Waals surface area contributed by atoms with E-state index < -0.39 is 39.3 Å². The summed E-state index contributed by atoms with van der Waals surface area (Å²) in [5.41, 5.74) is -5.89. The Morgan fingerprint density at radius 3 is 1.72 bits per heavy atom. The predicted molar refractivity (Wildman–Crippen MR) is 225 cm³/mol. The molecule has 338 valence electrons. The largest absolute Gasteiger partial charge is 0.741 e. The molecule has 60 heavy (non-hydrogen) atoms. The average Bonchev–Trinajstić information content (AvgIpc) is 3.19. The van der Waals surface area contributed by atoms with E-state index in [9.17, 15) is 30.7 Å². The number of phenols is 1. The summed E-state index contributed by atoms with van der Waals surface area (Å²) in [4.78, 5) is 0. The van der Waals surface area contributed by atoms with E-state index in [1.54, 1.807) is 16.3 Å². The van der Waals surface area contributed by atoms with E-state index in [0.717, 1.165) is 49.3 Å². The summed E-state index contributed by atoms with van der Waals surface area (Å²) in [6.07, 6.45) is 17.1. The fraction of sp³-hybridized carbons (Fsp3) is 0.651. The Kier molecular flexibility index (Phi) is 25.4. The Hall–Kier alpha value is -3.12. The van der Waals surface area contributed by atoms with Crippen molar-refractivity contribution in [1.29, 1.82) is 10.5 Å². The van der Waals surface area contributed by atoms with Gasteiger partial charge in [-0.05, 0) is 87.5 Å². The number of aromatic hydroxyl groups is 1. The van der Waals surface area contributed by atoms with Gasteiger partial charge in [-0.3, -0.25) is 0 Å². The van der Waals surface area contributed by atoms with Crippen molar-refractivity contribution < 1.29 is 53.5 Å². The van der Waals surface area contributed by atoms with Gasteiger partial charge in [0.2, 0.25) is 4.20 Å². The molecule has 0 unspecified atom stereocenters. The van der Waals surface area contributed by atoms with Crippen LogP contribution >= 0.6 is 11.8 Å². The summed E-state index contributed by atoms with van der Waals surface area (Å²) in [5.74, 6) is 2.57. The second-order valence-electron chi connectivity index (χ2n) is 14.9. The zero-order chi connectivity index (χ0) is 44.1. The number of halogens is 7. The van der Waals surface area contributed by atoms with Crippen molar-refractivity contribution in [2.24, 2.45) is 23.7 Å². The molecule has 1 aliphatic heterocycles. The van der Waals surface area contributed by atoms with E-state index in [1.807, 2.05) is 0 Å². The number of phenolic OH excluding ortho intramolecular Hbond substituents is 1. The van der Waals surface area contributed by atoms with Crippen molar-refractivity contribution >= 4 is 37.4 Å². The Morgan fingerprint density at radius 2 is 1.30 bits per heavy atom. The Labute approximate surface area is 360 Å². The van der Waals surface area contributed by atoms with Crippen LogP contribution in [0.4, 0.5) is 30.7 Å². The first-order valence-electron chi connectivity index (χ1n) is 20.1. The second kappa shape index (κ2) is 27.7. The Bertz CT molecular complexity index is 1780. The van der Waals surface area contributed by atoms with Crippen molar-refractivity contribution in [3.05, 3.63) is 59.2 Å². The van der Waals surface area contributed by atoms with E-state index in [1.165, 1.54) is 107 Å². The number of unbranched alkanes of at least 4 members (excludes halogenated alkanes) is 4. The summed E-state index contributed by atoms with van der Waals surface area (Å²) in [6.45, 7) is 4.46. The van der Waals surface area contributed by atoms with Gasteiger partial charge in [-0.1, -0.05) is 84.4 Å². The third-order valence-corrected chi connectivity index (χ3v) is 13.9. The minimum Gasteiger partial charge on any atom is -0.741 e. The number of benzene rings is 2. The fourth-order valence-corrected chi connectivity index (χ4v) is 9.95. The lowest BCUT2D eigenvalue weighted by molar-refractivity contribution is -0.223. The third-order valence-electron chi connectivity index (χ3n) is 10.4. The van der Waals surface area contributed by atoms with Crippen molar-refractivity contribution in [1.82, 2.24) is 0 Å². The molecule has 3 aliphatic rings. The molecule has 0 bridgehead atoms. The second-order valence-corrected chi connectivity index (χ2v) is 18.8. The Morgan fingerprint density at radius 1 is 0.817 bits per heavy atom. The fourth-order valence-electron chi connectivity index (χ4n) is 7.01. The molecule has 0 aromatic heterocycles. The van der Waals surface area contributed by atoms with E-state index in [-0.39, 0.29) is 30.1 Å². The number of alkyl halides is 5. The zero-order valence-corrected chi connectivity index (χ0v) is 36.0. The van der Waals surface area contributed by atoms with Gasteiger partial charge in [-0.2, -0.15) is 32.5 Å². The number of ether oxygens (including phenoxy) is 1. The highest BCUT2D eigenvalue weighted by Crippen LogP contribution is 2.41. The molecule has 0 saturated heterocycles. The van der Waals surface area contributed by atoms with Gasteiger partial charge in [-0.25, -0.2) is 17.2 Å². The zero-order valence-electron chi connectivity index (χ0n) is 33.6. The lowest BCUT2D eigenvalue weighted by Crippen LogP contribution is -2.37. The normalized spacial score (nSPS) is 20.4. The number of nitriles is 2. The van der Waals surface area contributed by atoms with Crippen LogP contribution in [0.3, 0.4) is 0 Å². The van der Waals surface area contributed by atoms with Crippen LogP contribution in [0.25, 0.3) is 0 Å². The molecule has 1 heterocycles. The minimum atomic E-state index is -6.09. The molecule has 1 N–H and O–H groups in total. The van der Waals surface area contributed by atoms with Gasteiger partial charge in [0.05, 0.1) is 17.0 Å². The first-order chi connectivity index (χ1) is 27.8. The minimum absolute atomic E-state index is 0. The first kappa shape index (κ1) is 54.9. The maximum absolute atomic E-state index is 14.3. The van der Waals surface area contributed by atoms with E-state index in [4.69, 9.17) is 33.3 Å². The lowest BCUT2D eigenvalue weighted by atomic mass is 9.79. The van der Waals surface area contributed by atoms with Gasteiger partial charge in [0.25, 0.3) is 0 Å². The SMILES string of the molecule is C.CCCCCC1CCC(C(F)(F)Oc2ccc(C#N)c(F)c2)CC1.CCCCCC1CCC(C2=[S+]CCCS2)CC1.N#Cc1ccc(O)cc1F.O=S(=O)([O-])C(F)(F)F. The molecule has 2 aliphatic carbocycles. The van der Waals surface area contributed by atoms with Crippen molar-refractivity contribution in [3.8, 4) is 23.6 Å². The lowest BCUT2D eigenvalue weighted by Gasteiger charge is -2.33. The highest BCUT2D eigenvalue weighted by atomic mass is 32.2. The van der Waals surface area contributed by atoms with E-state index in [0.29, 0.717) is 18.8 Å². The quantitative estimate of drug-likeness (QED) is 0.0555. The van der Waals surface area contributed by atoms with E-state index in [2.05, 4.69) is 37.0 Å². The van der Waals surface area contributed by atoms with Crippen LogP contribution in [0.2, 0.25) is 0 Å². The monoisotopic (exact) mass is 912 g/mol. The average molecular weight is 913 g/mol. The van der Waals surface area contributed by atoms with Crippen LogP contribution in [0.5, 0.6) is 11.5 Å². The standard InChI is InChI=1S/C19H24F3NO.C15H27S2.C7H4FNO.CHF3O3S.CH4/c1-2-3-4-5-14-6-9-16(10-7-14)19(21,22)24-17-11-8-15(13-23)18(20)12-17;1-2-3-4-6-13-7-9-14(10-8-13)15-16-11-5-12-17-15;8-7-3-6(10)2-1-5(7)4-9;2-1(3,4)8(5,6)7;/h8,11-12,14,16H,2-7,9-10H2,1H3;13-14H,2-12H2,1H3;1-3,10H;(H,5,6,7);1H4/q;+1;;;/p-1. The maximum Gasteiger partial charge on any atom is 0.485 e. The molecular weight excluding hydrogens is 854 g/mol. The third kappa shape index (κ3) is 20.2. The van der Waals surface area contributed by atoms with Gasteiger partial charge in [0, 0.05) is 30.2 Å². The summed E-state index contributed by atoms with van der Waals surface area (Å²) < 4.78 is 120. The summed E-state index contributed by atoms with van der Waals surface area (Å²) in [7, 11) is -6.09. The van der Waals surface area contributed by atoms with Gasteiger partial charge in [-0.15, -0.1) is 0 Å². The van der Waals surface area contributed by atoms with Gasteiger partial charge in [0.15, 0.2) is 27.2 Å². The smallest absolute Gasteiger partial charge is 0.485 e. The van der Waals surface area contributed by atoms with E-state index >= 15 is 0 Å². The molecule has 7 nitrogen and oxygen atoms in total. The molecule has 2 aromatic carbocycles. The van der Waals surface area contributed by atoms with Crippen LogP contribution in [0.1, 0.15) is 142 Å². The molecule has 5 rings (SSSR count). The Balaban J connectivity index is 0.000000434. The maximum atomic E-state index is 14.3. The van der Waals surface area contributed by atoms with Crippen molar-refractivity contribution in [2.45, 2.75) is 142 Å². The molecule has 17 heteroatoms. The molecule has 0 atom stereocenters. The number of rotatable bonds is 12. The van der Waals surface area contributed by atoms with Gasteiger partial charge in [0.1, 0.15) is 35.3 Å².